The van der Waals surface area contributed by atoms with E-state index in [0.29, 0.717) is 0 Å². The summed E-state index contributed by atoms with van der Waals surface area (Å²) in [4.78, 5) is 0. The Morgan fingerprint density at radius 2 is 2.00 bits per heavy atom. The molecular formula is C11H16NNaO4S. The molecule has 2 N–H and O–H groups in total. The fourth-order valence-electron chi connectivity index (χ4n) is 1.46. The van der Waals surface area contributed by atoms with Crippen LogP contribution < -0.4 is 34.9 Å². The largest absolute Gasteiger partial charge is 1.00 e. The van der Waals surface area contributed by atoms with Crippen LogP contribution in [0.25, 0.3) is 0 Å². The fraction of sp³-hybridized carbons (Fsp3) is 0.455. The first-order chi connectivity index (χ1) is 7.79. The van der Waals surface area contributed by atoms with Crippen LogP contribution in [0.1, 0.15) is 11.1 Å². The Morgan fingerprint density at radius 3 is 2.56 bits per heavy atom. The van der Waals surface area contributed by atoms with E-state index in [4.69, 9.17) is 0 Å². The Labute approximate surface area is 130 Å². The second-order valence-corrected chi connectivity index (χ2v) is 5.46. The van der Waals surface area contributed by atoms with Gasteiger partial charge in [0, 0.05) is 12.2 Å². The maximum atomic E-state index is 10.4. The third-order valence-electron chi connectivity index (χ3n) is 2.53. The van der Waals surface area contributed by atoms with Crippen LogP contribution in [-0.4, -0.2) is 36.5 Å². The normalized spacial score (nSPS) is 12.7. The van der Waals surface area contributed by atoms with Gasteiger partial charge in [-0.25, -0.2) is 8.42 Å². The van der Waals surface area contributed by atoms with Gasteiger partial charge in [-0.05, 0) is 31.0 Å². The number of aliphatic hydroxyl groups is 1. The molecule has 0 bridgehead atoms. The summed E-state index contributed by atoms with van der Waals surface area (Å²) < 4.78 is 31.3. The van der Waals surface area contributed by atoms with Gasteiger partial charge < -0.3 is 15.0 Å². The summed E-state index contributed by atoms with van der Waals surface area (Å²) >= 11 is 0. The van der Waals surface area contributed by atoms with E-state index in [1.165, 1.54) is 0 Å². The minimum Gasteiger partial charge on any atom is -0.748 e. The van der Waals surface area contributed by atoms with Crippen molar-refractivity contribution in [2.45, 2.75) is 20.0 Å². The zero-order valence-electron chi connectivity index (χ0n) is 10.8. The molecule has 0 aliphatic heterocycles. The average molecular weight is 281 g/mol. The summed E-state index contributed by atoms with van der Waals surface area (Å²) in [6.45, 7) is 3.92. The molecule has 0 radical (unpaired) electrons. The van der Waals surface area contributed by atoms with Crippen LogP contribution in [0.4, 0.5) is 5.69 Å². The van der Waals surface area contributed by atoms with Crippen LogP contribution in [0.15, 0.2) is 18.2 Å². The van der Waals surface area contributed by atoms with Crippen LogP contribution in [0.5, 0.6) is 0 Å². The predicted molar refractivity (Wildman–Crippen MR) is 65.0 cm³/mol. The monoisotopic (exact) mass is 281 g/mol. The summed E-state index contributed by atoms with van der Waals surface area (Å²) in [6, 6.07) is 5.65. The number of rotatable bonds is 5. The van der Waals surface area contributed by atoms with E-state index >= 15 is 0 Å². The van der Waals surface area contributed by atoms with Crippen LogP contribution in [0, 0.1) is 13.8 Å². The maximum absolute atomic E-state index is 10.4. The van der Waals surface area contributed by atoms with Gasteiger partial charge in [0.2, 0.25) is 0 Å². The van der Waals surface area contributed by atoms with Crippen molar-refractivity contribution < 1.29 is 47.6 Å². The number of aryl methyl sites for hydroxylation is 1. The molecule has 0 heterocycles. The molecule has 0 spiro atoms. The van der Waals surface area contributed by atoms with E-state index in [-0.39, 0.29) is 36.1 Å². The van der Waals surface area contributed by atoms with E-state index in [1.807, 2.05) is 32.0 Å². The molecule has 1 rings (SSSR count). The first kappa shape index (κ1) is 17.9. The molecule has 0 fully saturated rings. The van der Waals surface area contributed by atoms with Gasteiger partial charge in [-0.1, -0.05) is 12.1 Å². The number of nitrogens with one attached hydrogen (secondary N) is 1. The van der Waals surface area contributed by atoms with Gasteiger partial charge in [0.15, 0.2) is 0 Å². The topological polar surface area (TPSA) is 89.5 Å². The smallest absolute Gasteiger partial charge is 0.748 e. The van der Waals surface area contributed by atoms with Gasteiger partial charge >= 0.3 is 29.6 Å². The summed E-state index contributed by atoms with van der Waals surface area (Å²) in [7, 11) is -4.39. The molecule has 7 heteroatoms. The molecule has 0 aliphatic carbocycles. The standard InChI is InChI=1S/C11H17NO4S.Na/c1-8-4-3-5-11(9(8)2)12-6-10(13)7-17(14,15)16;/h3-5,10,12-13H,6-7H2,1-2H3,(H,14,15,16);/q;+1/p-1. The molecule has 1 aromatic rings. The second kappa shape index (κ2) is 7.47. The van der Waals surface area contributed by atoms with Gasteiger partial charge in [0.05, 0.1) is 22.0 Å². The summed E-state index contributed by atoms with van der Waals surface area (Å²) in [5.74, 6) is -0.773. The molecule has 1 aromatic carbocycles. The van der Waals surface area contributed by atoms with Crippen LogP contribution in [0.3, 0.4) is 0 Å². The van der Waals surface area contributed by atoms with Crippen molar-refractivity contribution in [2.24, 2.45) is 0 Å². The zero-order chi connectivity index (χ0) is 13.1. The Kier molecular flexibility index (Phi) is 7.43. The minimum absolute atomic E-state index is 0. The zero-order valence-corrected chi connectivity index (χ0v) is 13.6. The van der Waals surface area contributed by atoms with Gasteiger partial charge in [0.1, 0.15) is 0 Å². The molecule has 0 saturated heterocycles. The number of aliphatic hydroxyl groups excluding tert-OH is 1. The van der Waals surface area contributed by atoms with E-state index < -0.39 is 22.0 Å². The quantitative estimate of drug-likeness (QED) is 0.465. The molecule has 0 aliphatic rings. The van der Waals surface area contributed by atoms with Crippen molar-refractivity contribution in [3.05, 3.63) is 29.3 Å². The number of anilines is 1. The van der Waals surface area contributed by atoms with E-state index in [9.17, 15) is 18.1 Å². The molecule has 96 valence electrons. The van der Waals surface area contributed by atoms with Crippen molar-refractivity contribution in [2.75, 3.05) is 17.6 Å². The molecule has 1 unspecified atom stereocenters. The Bertz CT molecular complexity index is 490. The average Bonchev–Trinajstić information content (AvgIpc) is 2.18. The Morgan fingerprint density at radius 1 is 1.39 bits per heavy atom. The number of benzene rings is 1. The predicted octanol–water partition coefficient (Wildman–Crippen LogP) is -2.37. The summed E-state index contributed by atoms with van der Waals surface area (Å²) in [6.07, 6.45) is -1.20. The van der Waals surface area contributed by atoms with Crippen molar-refractivity contribution in [3.8, 4) is 0 Å². The maximum Gasteiger partial charge on any atom is 1.00 e. The summed E-state index contributed by atoms with van der Waals surface area (Å²) in [5, 5.41) is 12.3. The van der Waals surface area contributed by atoms with Gasteiger partial charge in [-0.2, -0.15) is 0 Å². The molecular weight excluding hydrogens is 265 g/mol. The Balaban J connectivity index is 0.00000289. The van der Waals surface area contributed by atoms with Gasteiger partial charge in [0.25, 0.3) is 0 Å². The fourth-order valence-corrected chi connectivity index (χ4v) is 2.05. The Hall–Kier alpha value is -0.110. The third-order valence-corrected chi connectivity index (χ3v) is 3.32. The molecule has 0 saturated carbocycles. The van der Waals surface area contributed by atoms with E-state index in [1.54, 1.807) is 0 Å². The van der Waals surface area contributed by atoms with Crippen LogP contribution in [-0.2, 0) is 10.1 Å². The van der Waals surface area contributed by atoms with Crippen molar-refractivity contribution in [1.82, 2.24) is 0 Å². The van der Waals surface area contributed by atoms with Crippen LogP contribution >= 0.6 is 0 Å². The minimum atomic E-state index is -4.39. The first-order valence-electron chi connectivity index (χ1n) is 5.21. The van der Waals surface area contributed by atoms with Crippen molar-refractivity contribution in [1.29, 1.82) is 0 Å². The van der Waals surface area contributed by atoms with Gasteiger partial charge in [-0.3, -0.25) is 0 Å². The second-order valence-electron chi connectivity index (χ2n) is 4.01. The van der Waals surface area contributed by atoms with E-state index in [0.717, 1.165) is 16.8 Å². The van der Waals surface area contributed by atoms with Crippen LogP contribution in [0.2, 0.25) is 0 Å². The molecule has 5 nitrogen and oxygen atoms in total. The molecule has 0 amide bonds. The summed E-state index contributed by atoms with van der Waals surface area (Å²) in [5.41, 5.74) is 2.96. The third kappa shape index (κ3) is 6.17. The van der Waals surface area contributed by atoms with Gasteiger partial charge in [-0.15, -0.1) is 0 Å². The first-order valence-corrected chi connectivity index (χ1v) is 6.79. The van der Waals surface area contributed by atoms with E-state index in [2.05, 4.69) is 5.32 Å². The number of hydrogen-bond acceptors (Lipinski definition) is 5. The number of hydrogen-bond donors (Lipinski definition) is 2. The SMILES string of the molecule is Cc1cccc(NCC(O)CS(=O)(=O)[O-])c1C.[Na+]. The van der Waals surface area contributed by atoms with Crippen molar-refractivity contribution in [3.63, 3.8) is 0 Å². The van der Waals surface area contributed by atoms with Crippen molar-refractivity contribution >= 4 is 15.8 Å². The molecule has 1 atom stereocenters. The molecule has 0 aromatic heterocycles. The molecule has 18 heavy (non-hydrogen) atoms.